The van der Waals surface area contributed by atoms with Crippen LogP contribution in [0, 0.1) is 0 Å². The van der Waals surface area contributed by atoms with Gasteiger partial charge in [0.1, 0.15) is 5.75 Å². The van der Waals surface area contributed by atoms with Crippen LogP contribution >= 0.6 is 11.3 Å². The first-order valence-electron chi connectivity index (χ1n) is 8.04. The lowest BCUT2D eigenvalue weighted by Crippen LogP contribution is -2.28. The standard InChI is InChI=1S/C18H23N3OS/c1-4-9-19-13(2)10-15-11-21-17(12-23-18(21)20-15)14-5-7-16(22-3)8-6-14/h5-8,11-13,19H,4,9-10H2,1-3H3. The van der Waals surface area contributed by atoms with Gasteiger partial charge in [0.05, 0.1) is 18.5 Å². The van der Waals surface area contributed by atoms with Crippen molar-refractivity contribution in [3.05, 3.63) is 41.5 Å². The minimum absolute atomic E-state index is 0.448. The molecule has 1 atom stereocenters. The first kappa shape index (κ1) is 16.0. The number of aromatic nitrogens is 2. The number of rotatable bonds is 7. The molecule has 0 spiro atoms. The molecule has 3 aromatic rings. The maximum absolute atomic E-state index is 5.23. The van der Waals surface area contributed by atoms with Crippen molar-refractivity contribution in [3.8, 4) is 17.0 Å². The SMILES string of the molecule is CCCNC(C)Cc1cn2c(-c3ccc(OC)cc3)csc2n1. The second-order valence-electron chi connectivity index (χ2n) is 5.79. The van der Waals surface area contributed by atoms with Gasteiger partial charge in [-0.2, -0.15) is 0 Å². The number of thiazole rings is 1. The highest BCUT2D eigenvalue weighted by Crippen LogP contribution is 2.28. The van der Waals surface area contributed by atoms with E-state index in [0.717, 1.165) is 35.8 Å². The molecule has 122 valence electrons. The molecule has 2 aromatic heterocycles. The maximum Gasteiger partial charge on any atom is 0.194 e. The normalized spacial score (nSPS) is 12.7. The van der Waals surface area contributed by atoms with Crippen molar-refractivity contribution in [2.45, 2.75) is 32.7 Å². The van der Waals surface area contributed by atoms with Gasteiger partial charge in [-0.3, -0.25) is 4.40 Å². The molecular weight excluding hydrogens is 306 g/mol. The van der Waals surface area contributed by atoms with Crippen LogP contribution in [0.1, 0.15) is 26.0 Å². The molecule has 0 aliphatic heterocycles. The quantitative estimate of drug-likeness (QED) is 0.712. The van der Waals surface area contributed by atoms with Crippen LogP contribution in [0.2, 0.25) is 0 Å². The molecule has 0 aliphatic rings. The van der Waals surface area contributed by atoms with E-state index in [1.54, 1.807) is 18.4 Å². The van der Waals surface area contributed by atoms with Gasteiger partial charge in [-0.1, -0.05) is 6.92 Å². The van der Waals surface area contributed by atoms with E-state index in [-0.39, 0.29) is 0 Å². The van der Waals surface area contributed by atoms with Crippen LogP contribution in [-0.4, -0.2) is 29.1 Å². The maximum atomic E-state index is 5.23. The molecule has 5 heteroatoms. The van der Waals surface area contributed by atoms with Crippen molar-refractivity contribution in [2.24, 2.45) is 0 Å². The number of fused-ring (bicyclic) bond motifs is 1. The van der Waals surface area contributed by atoms with Crippen LogP contribution in [0.15, 0.2) is 35.8 Å². The van der Waals surface area contributed by atoms with Crippen molar-refractivity contribution in [1.29, 1.82) is 0 Å². The zero-order valence-corrected chi connectivity index (χ0v) is 14.7. The molecule has 23 heavy (non-hydrogen) atoms. The van der Waals surface area contributed by atoms with Crippen molar-refractivity contribution in [1.82, 2.24) is 14.7 Å². The average molecular weight is 329 g/mol. The zero-order chi connectivity index (χ0) is 16.2. The third-order valence-corrected chi connectivity index (χ3v) is 4.74. The summed E-state index contributed by atoms with van der Waals surface area (Å²) >= 11 is 1.68. The summed E-state index contributed by atoms with van der Waals surface area (Å²) in [4.78, 5) is 5.81. The number of hydrogen-bond donors (Lipinski definition) is 1. The number of nitrogens with one attached hydrogen (secondary N) is 1. The van der Waals surface area contributed by atoms with Gasteiger partial charge in [0.2, 0.25) is 0 Å². The summed E-state index contributed by atoms with van der Waals surface area (Å²) in [5.41, 5.74) is 3.50. The molecule has 0 radical (unpaired) electrons. The van der Waals surface area contributed by atoms with Gasteiger partial charge in [0, 0.05) is 24.0 Å². The van der Waals surface area contributed by atoms with Gasteiger partial charge in [-0.25, -0.2) is 4.98 Å². The Kier molecular flexibility index (Phi) is 4.98. The minimum atomic E-state index is 0.448. The molecule has 1 unspecified atom stereocenters. The van der Waals surface area contributed by atoms with Gasteiger partial charge in [-0.05, 0) is 49.7 Å². The smallest absolute Gasteiger partial charge is 0.194 e. The fraction of sp³-hybridized carbons (Fsp3) is 0.389. The lowest BCUT2D eigenvalue weighted by Gasteiger charge is -2.10. The molecule has 0 saturated heterocycles. The summed E-state index contributed by atoms with van der Waals surface area (Å²) in [6, 6.07) is 8.61. The van der Waals surface area contributed by atoms with Gasteiger partial charge in [0.15, 0.2) is 4.96 Å². The van der Waals surface area contributed by atoms with Crippen LogP contribution < -0.4 is 10.1 Å². The third kappa shape index (κ3) is 3.57. The van der Waals surface area contributed by atoms with Crippen molar-refractivity contribution < 1.29 is 4.74 Å². The summed E-state index contributed by atoms with van der Waals surface area (Å²) in [6.07, 6.45) is 4.27. The van der Waals surface area contributed by atoms with E-state index >= 15 is 0 Å². The van der Waals surface area contributed by atoms with E-state index in [1.165, 1.54) is 11.3 Å². The van der Waals surface area contributed by atoms with E-state index in [1.807, 2.05) is 12.1 Å². The highest BCUT2D eigenvalue weighted by molar-refractivity contribution is 7.15. The number of benzene rings is 1. The van der Waals surface area contributed by atoms with Crippen LogP contribution in [-0.2, 0) is 6.42 Å². The Bertz CT molecular complexity index is 760. The molecule has 0 aliphatic carbocycles. The van der Waals surface area contributed by atoms with Crippen LogP contribution in [0.3, 0.4) is 0 Å². The summed E-state index contributed by atoms with van der Waals surface area (Å²) in [7, 11) is 1.69. The third-order valence-electron chi connectivity index (χ3n) is 3.90. The summed E-state index contributed by atoms with van der Waals surface area (Å²) in [6.45, 7) is 5.46. The first-order valence-corrected chi connectivity index (χ1v) is 8.92. The number of nitrogens with zero attached hydrogens (tertiary/aromatic N) is 2. The van der Waals surface area contributed by atoms with Crippen molar-refractivity contribution >= 4 is 16.3 Å². The Labute approximate surface area is 141 Å². The van der Waals surface area contributed by atoms with Crippen molar-refractivity contribution in [3.63, 3.8) is 0 Å². The molecule has 1 aromatic carbocycles. The van der Waals surface area contributed by atoms with Crippen molar-refractivity contribution in [2.75, 3.05) is 13.7 Å². The Morgan fingerprint density at radius 1 is 1.30 bits per heavy atom. The predicted molar refractivity (Wildman–Crippen MR) is 96.5 cm³/mol. The summed E-state index contributed by atoms with van der Waals surface area (Å²) < 4.78 is 7.42. The Hall–Kier alpha value is -1.85. The summed E-state index contributed by atoms with van der Waals surface area (Å²) in [5, 5.41) is 5.68. The molecule has 4 nitrogen and oxygen atoms in total. The molecule has 0 amide bonds. The minimum Gasteiger partial charge on any atom is -0.497 e. The lowest BCUT2D eigenvalue weighted by molar-refractivity contribution is 0.415. The highest BCUT2D eigenvalue weighted by atomic mass is 32.1. The second kappa shape index (κ2) is 7.15. The molecule has 0 saturated carbocycles. The van der Waals surface area contributed by atoms with E-state index in [9.17, 15) is 0 Å². The number of imidazole rings is 1. The monoisotopic (exact) mass is 329 g/mol. The van der Waals surface area contributed by atoms with Crippen LogP contribution in [0.25, 0.3) is 16.2 Å². The molecule has 2 heterocycles. The average Bonchev–Trinajstić information content (AvgIpc) is 3.13. The first-order chi connectivity index (χ1) is 11.2. The van der Waals surface area contributed by atoms with E-state index in [2.05, 4.69) is 47.3 Å². The molecule has 3 rings (SSSR count). The highest BCUT2D eigenvalue weighted by Gasteiger charge is 2.12. The Morgan fingerprint density at radius 2 is 2.09 bits per heavy atom. The van der Waals surface area contributed by atoms with Gasteiger partial charge >= 0.3 is 0 Å². The topological polar surface area (TPSA) is 38.6 Å². The lowest BCUT2D eigenvalue weighted by atomic mass is 10.1. The molecule has 0 fully saturated rings. The largest absolute Gasteiger partial charge is 0.497 e. The molecular formula is C18H23N3OS. The number of hydrogen-bond acceptors (Lipinski definition) is 4. The molecule has 1 N–H and O–H groups in total. The van der Waals surface area contributed by atoms with E-state index in [0.29, 0.717) is 6.04 Å². The Morgan fingerprint density at radius 3 is 2.78 bits per heavy atom. The zero-order valence-electron chi connectivity index (χ0n) is 13.9. The Balaban J connectivity index is 1.82. The fourth-order valence-corrected chi connectivity index (χ4v) is 3.58. The van der Waals surface area contributed by atoms with E-state index in [4.69, 9.17) is 9.72 Å². The fourth-order valence-electron chi connectivity index (χ4n) is 2.67. The van der Waals surface area contributed by atoms with Crippen LogP contribution in [0.4, 0.5) is 0 Å². The number of ether oxygens (including phenoxy) is 1. The van der Waals surface area contributed by atoms with Crippen LogP contribution in [0.5, 0.6) is 5.75 Å². The number of methoxy groups -OCH3 is 1. The van der Waals surface area contributed by atoms with Gasteiger partial charge in [0.25, 0.3) is 0 Å². The second-order valence-corrected chi connectivity index (χ2v) is 6.63. The molecule has 0 bridgehead atoms. The van der Waals surface area contributed by atoms with E-state index < -0.39 is 0 Å². The summed E-state index contributed by atoms with van der Waals surface area (Å²) in [5.74, 6) is 0.877. The predicted octanol–water partition coefficient (Wildman–Crippen LogP) is 4.00. The van der Waals surface area contributed by atoms with Gasteiger partial charge in [-0.15, -0.1) is 11.3 Å². The van der Waals surface area contributed by atoms with Gasteiger partial charge < -0.3 is 10.1 Å².